The van der Waals surface area contributed by atoms with E-state index < -0.39 is 0 Å². The molecule has 1 unspecified atom stereocenters. The number of amides is 2. The van der Waals surface area contributed by atoms with E-state index in [1.54, 1.807) is 11.0 Å². The number of nitrogens with zero attached hydrogens (tertiary/aromatic N) is 1. The van der Waals surface area contributed by atoms with E-state index in [-0.39, 0.29) is 24.5 Å². The molecule has 0 fully saturated rings. The van der Waals surface area contributed by atoms with Gasteiger partial charge in [0.1, 0.15) is 5.82 Å². The van der Waals surface area contributed by atoms with Crippen molar-refractivity contribution in [3.63, 3.8) is 0 Å². The second kappa shape index (κ2) is 6.70. The minimum Gasteiger partial charge on any atom is -0.396 e. The summed E-state index contributed by atoms with van der Waals surface area (Å²) in [4.78, 5) is 13.8. The molecule has 1 heterocycles. The first kappa shape index (κ1) is 14.8. The number of benzene rings is 1. The molecule has 0 saturated heterocycles. The van der Waals surface area contributed by atoms with Gasteiger partial charge in [0, 0.05) is 25.7 Å². The topological polar surface area (TPSA) is 52.6 Å². The average Bonchev–Trinajstić information content (AvgIpc) is 2.44. The van der Waals surface area contributed by atoms with Gasteiger partial charge in [-0.1, -0.05) is 6.07 Å². The molecule has 1 aliphatic rings. The van der Waals surface area contributed by atoms with Gasteiger partial charge in [0.05, 0.1) is 0 Å². The molecule has 5 heteroatoms. The van der Waals surface area contributed by atoms with Crippen molar-refractivity contribution >= 4 is 6.03 Å². The predicted octanol–water partition coefficient (Wildman–Crippen LogP) is 2.05. The fraction of sp³-hybridized carbons (Fsp3) is 0.533. The van der Waals surface area contributed by atoms with Crippen LogP contribution >= 0.6 is 0 Å². The summed E-state index contributed by atoms with van der Waals surface area (Å²) in [6, 6.07) is 4.67. The van der Waals surface area contributed by atoms with Crippen LogP contribution in [0.4, 0.5) is 9.18 Å². The van der Waals surface area contributed by atoms with Crippen LogP contribution in [0.3, 0.4) is 0 Å². The van der Waals surface area contributed by atoms with E-state index in [9.17, 15) is 9.18 Å². The Morgan fingerprint density at radius 1 is 1.50 bits per heavy atom. The Labute approximate surface area is 118 Å². The van der Waals surface area contributed by atoms with E-state index in [1.165, 1.54) is 12.1 Å². The molecule has 0 aliphatic carbocycles. The standard InChI is InChI=1S/C15H21FN2O2/c1-11(3-2-8-19)17-15(20)18-7-6-12-4-5-14(16)9-13(12)10-18/h4-5,9,11,19H,2-3,6-8,10H2,1H3,(H,17,20). The molecule has 2 rings (SSSR count). The van der Waals surface area contributed by atoms with Crippen LogP contribution in [0.2, 0.25) is 0 Å². The summed E-state index contributed by atoms with van der Waals surface area (Å²) in [7, 11) is 0. The second-order valence-corrected chi connectivity index (χ2v) is 5.30. The summed E-state index contributed by atoms with van der Waals surface area (Å²) in [6.07, 6.45) is 2.19. The smallest absolute Gasteiger partial charge is 0.317 e. The maximum absolute atomic E-state index is 13.2. The van der Waals surface area contributed by atoms with Crippen LogP contribution in [0.15, 0.2) is 18.2 Å². The zero-order valence-corrected chi connectivity index (χ0v) is 11.7. The van der Waals surface area contributed by atoms with E-state index in [2.05, 4.69) is 5.32 Å². The minimum atomic E-state index is -0.262. The number of aliphatic hydroxyl groups is 1. The van der Waals surface area contributed by atoms with Crippen LogP contribution in [0, 0.1) is 5.82 Å². The van der Waals surface area contributed by atoms with Crippen LogP contribution in [0.1, 0.15) is 30.9 Å². The van der Waals surface area contributed by atoms with Crippen LogP contribution < -0.4 is 5.32 Å². The lowest BCUT2D eigenvalue weighted by Gasteiger charge is -2.30. The number of nitrogens with one attached hydrogen (secondary N) is 1. The molecule has 0 saturated carbocycles. The molecular weight excluding hydrogens is 259 g/mol. The Morgan fingerprint density at radius 2 is 2.30 bits per heavy atom. The largest absolute Gasteiger partial charge is 0.396 e. The molecule has 1 aromatic rings. The molecule has 2 amide bonds. The molecule has 20 heavy (non-hydrogen) atoms. The summed E-state index contributed by atoms with van der Waals surface area (Å²) >= 11 is 0. The van der Waals surface area contributed by atoms with Crippen molar-refractivity contribution in [3.8, 4) is 0 Å². The van der Waals surface area contributed by atoms with Crippen molar-refractivity contribution in [2.45, 2.75) is 38.8 Å². The van der Waals surface area contributed by atoms with Crippen molar-refractivity contribution in [2.24, 2.45) is 0 Å². The van der Waals surface area contributed by atoms with Gasteiger partial charge in [0.25, 0.3) is 0 Å². The zero-order valence-electron chi connectivity index (χ0n) is 11.7. The number of fused-ring (bicyclic) bond motifs is 1. The van der Waals surface area contributed by atoms with Crippen molar-refractivity contribution in [3.05, 3.63) is 35.1 Å². The number of urea groups is 1. The van der Waals surface area contributed by atoms with Crippen molar-refractivity contribution in [1.29, 1.82) is 0 Å². The zero-order chi connectivity index (χ0) is 14.5. The summed E-state index contributed by atoms with van der Waals surface area (Å²) in [5.41, 5.74) is 2.00. The summed E-state index contributed by atoms with van der Waals surface area (Å²) < 4.78 is 13.2. The predicted molar refractivity (Wildman–Crippen MR) is 74.8 cm³/mol. The summed E-state index contributed by atoms with van der Waals surface area (Å²) in [6.45, 7) is 3.16. The maximum Gasteiger partial charge on any atom is 0.317 e. The normalized spacial score (nSPS) is 15.7. The Balaban J connectivity index is 1.93. The highest BCUT2D eigenvalue weighted by Crippen LogP contribution is 2.20. The first-order valence-electron chi connectivity index (χ1n) is 7.03. The molecule has 0 bridgehead atoms. The Kier molecular flexibility index (Phi) is 4.95. The number of hydrogen-bond acceptors (Lipinski definition) is 2. The van der Waals surface area contributed by atoms with Crippen LogP contribution in [-0.2, 0) is 13.0 Å². The number of aliphatic hydroxyl groups excluding tert-OH is 1. The molecule has 0 spiro atoms. The Hall–Kier alpha value is -1.62. The van der Waals surface area contributed by atoms with Gasteiger partial charge >= 0.3 is 6.03 Å². The summed E-state index contributed by atoms with van der Waals surface area (Å²) in [5, 5.41) is 11.7. The van der Waals surface area contributed by atoms with E-state index >= 15 is 0 Å². The van der Waals surface area contributed by atoms with Gasteiger partial charge in [0.2, 0.25) is 0 Å². The molecule has 110 valence electrons. The molecule has 0 aromatic heterocycles. The first-order chi connectivity index (χ1) is 9.60. The molecule has 4 nitrogen and oxygen atoms in total. The molecule has 0 radical (unpaired) electrons. The Morgan fingerprint density at radius 3 is 3.05 bits per heavy atom. The monoisotopic (exact) mass is 280 g/mol. The van der Waals surface area contributed by atoms with E-state index in [4.69, 9.17) is 5.11 Å². The third kappa shape index (κ3) is 3.70. The molecular formula is C15H21FN2O2. The first-order valence-corrected chi connectivity index (χ1v) is 7.03. The number of carbonyl (C=O) groups excluding carboxylic acids is 1. The minimum absolute atomic E-state index is 0.0311. The number of halogens is 1. The van der Waals surface area contributed by atoms with Gasteiger partial charge in [-0.25, -0.2) is 9.18 Å². The average molecular weight is 280 g/mol. The molecule has 2 N–H and O–H groups in total. The highest BCUT2D eigenvalue weighted by Gasteiger charge is 2.21. The quantitative estimate of drug-likeness (QED) is 0.887. The van der Waals surface area contributed by atoms with Gasteiger partial charge in [0.15, 0.2) is 0 Å². The maximum atomic E-state index is 13.2. The lowest BCUT2D eigenvalue weighted by atomic mass is 10.00. The van der Waals surface area contributed by atoms with Crippen molar-refractivity contribution < 1.29 is 14.3 Å². The fourth-order valence-electron chi connectivity index (χ4n) is 2.47. The van der Waals surface area contributed by atoms with Crippen LogP contribution in [-0.4, -0.2) is 35.2 Å². The van der Waals surface area contributed by atoms with E-state index in [0.29, 0.717) is 19.5 Å². The van der Waals surface area contributed by atoms with Crippen LogP contribution in [0.5, 0.6) is 0 Å². The Bertz CT molecular complexity index is 479. The van der Waals surface area contributed by atoms with Crippen molar-refractivity contribution in [2.75, 3.05) is 13.2 Å². The SMILES string of the molecule is CC(CCCO)NC(=O)N1CCc2ccc(F)cc2C1. The lowest BCUT2D eigenvalue weighted by molar-refractivity contribution is 0.187. The highest BCUT2D eigenvalue weighted by molar-refractivity contribution is 5.74. The van der Waals surface area contributed by atoms with Gasteiger partial charge < -0.3 is 15.3 Å². The van der Waals surface area contributed by atoms with Crippen LogP contribution in [0.25, 0.3) is 0 Å². The van der Waals surface area contributed by atoms with Gasteiger partial charge in [-0.05, 0) is 49.4 Å². The summed E-state index contributed by atoms with van der Waals surface area (Å²) in [5.74, 6) is -0.262. The highest BCUT2D eigenvalue weighted by atomic mass is 19.1. The molecule has 1 aromatic carbocycles. The number of carbonyl (C=O) groups is 1. The second-order valence-electron chi connectivity index (χ2n) is 5.30. The van der Waals surface area contributed by atoms with Gasteiger partial charge in [-0.15, -0.1) is 0 Å². The number of hydrogen-bond donors (Lipinski definition) is 2. The van der Waals surface area contributed by atoms with E-state index in [1.807, 2.05) is 6.92 Å². The fourth-order valence-corrected chi connectivity index (χ4v) is 2.47. The third-order valence-corrected chi connectivity index (χ3v) is 3.63. The number of rotatable bonds is 4. The third-order valence-electron chi connectivity index (χ3n) is 3.63. The van der Waals surface area contributed by atoms with Crippen molar-refractivity contribution in [1.82, 2.24) is 10.2 Å². The van der Waals surface area contributed by atoms with Gasteiger partial charge in [-0.2, -0.15) is 0 Å². The van der Waals surface area contributed by atoms with Gasteiger partial charge in [-0.3, -0.25) is 0 Å². The van der Waals surface area contributed by atoms with E-state index in [0.717, 1.165) is 24.0 Å². The lowest BCUT2D eigenvalue weighted by Crippen LogP contribution is -2.45. The molecule has 1 aliphatic heterocycles. The molecule has 1 atom stereocenters.